The van der Waals surface area contributed by atoms with Gasteiger partial charge in [0.05, 0.1) is 13.0 Å². The van der Waals surface area contributed by atoms with Crippen molar-refractivity contribution in [1.82, 2.24) is 5.32 Å². The summed E-state index contributed by atoms with van der Waals surface area (Å²) < 4.78 is 5.69. The molecule has 1 heterocycles. The van der Waals surface area contributed by atoms with Gasteiger partial charge in [0.2, 0.25) is 5.91 Å². The Bertz CT molecular complexity index is 564. The van der Waals surface area contributed by atoms with Crippen LogP contribution in [0.15, 0.2) is 35.7 Å². The summed E-state index contributed by atoms with van der Waals surface area (Å²) in [7, 11) is 0. The molecule has 0 unspecified atom stereocenters. The Morgan fingerprint density at radius 1 is 1.25 bits per heavy atom. The SMILES string of the molecule is Cc1cccc(OCCNC(=O)Cc2cccs2)c1C. The first-order valence-electron chi connectivity index (χ1n) is 6.65. The number of carbonyl (C=O) groups is 1. The number of rotatable bonds is 6. The lowest BCUT2D eigenvalue weighted by Gasteiger charge is -2.11. The van der Waals surface area contributed by atoms with Crippen LogP contribution in [0.1, 0.15) is 16.0 Å². The maximum absolute atomic E-state index is 11.7. The highest BCUT2D eigenvalue weighted by atomic mass is 32.1. The molecule has 1 amide bonds. The van der Waals surface area contributed by atoms with Gasteiger partial charge in [-0.2, -0.15) is 0 Å². The number of thiophene rings is 1. The van der Waals surface area contributed by atoms with Crippen LogP contribution in [-0.4, -0.2) is 19.1 Å². The van der Waals surface area contributed by atoms with Crippen molar-refractivity contribution < 1.29 is 9.53 Å². The molecule has 0 aliphatic heterocycles. The first-order valence-corrected chi connectivity index (χ1v) is 7.53. The standard InChI is InChI=1S/C16H19NO2S/c1-12-5-3-7-15(13(12)2)19-9-8-17-16(18)11-14-6-4-10-20-14/h3-7,10H,8-9,11H2,1-2H3,(H,17,18). The second kappa shape index (κ2) is 7.10. The van der Waals surface area contributed by atoms with Gasteiger partial charge in [-0.05, 0) is 42.5 Å². The summed E-state index contributed by atoms with van der Waals surface area (Å²) in [6, 6.07) is 9.92. The lowest BCUT2D eigenvalue weighted by Crippen LogP contribution is -2.29. The maximum atomic E-state index is 11.7. The molecule has 0 spiro atoms. The van der Waals surface area contributed by atoms with Gasteiger partial charge < -0.3 is 10.1 Å². The number of carbonyl (C=O) groups excluding carboxylic acids is 1. The number of nitrogens with one attached hydrogen (secondary N) is 1. The molecule has 0 aliphatic carbocycles. The molecule has 106 valence electrons. The zero-order valence-corrected chi connectivity index (χ0v) is 12.6. The van der Waals surface area contributed by atoms with Gasteiger partial charge in [-0.25, -0.2) is 0 Å². The normalized spacial score (nSPS) is 10.3. The number of benzene rings is 1. The molecule has 1 aromatic heterocycles. The number of aryl methyl sites for hydroxylation is 1. The van der Waals surface area contributed by atoms with Crippen LogP contribution in [0.25, 0.3) is 0 Å². The highest BCUT2D eigenvalue weighted by molar-refractivity contribution is 7.10. The summed E-state index contributed by atoms with van der Waals surface area (Å²) in [6.45, 7) is 5.11. The molecule has 0 saturated heterocycles. The zero-order valence-electron chi connectivity index (χ0n) is 11.8. The van der Waals surface area contributed by atoms with Crippen molar-refractivity contribution in [3.63, 3.8) is 0 Å². The Morgan fingerprint density at radius 2 is 2.10 bits per heavy atom. The third-order valence-electron chi connectivity index (χ3n) is 3.15. The van der Waals surface area contributed by atoms with Crippen LogP contribution in [0.4, 0.5) is 0 Å². The van der Waals surface area contributed by atoms with Crippen LogP contribution in [0, 0.1) is 13.8 Å². The summed E-state index contributed by atoms with van der Waals surface area (Å²) in [5.41, 5.74) is 2.36. The molecule has 3 nitrogen and oxygen atoms in total. The van der Waals surface area contributed by atoms with E-state index >= 15 is 0 Å². The predicted octanol–water partition coefficient (Wildman–Crippen LogP) is 3.10. The van der Waals surface area contributed by atoms with Crippen LogP contribution in [0.5, 0.6) is 5.75 Å². The number of ether oxygens (including phenoxy) is 1. The van der Waals surface area contributed by atoms with Crippen molar-refractivity contribution in [1.29, 1.82) is 0 Å². The van der Waals surface area contributed by atoms with E-state index in [0.29, 0.717) is 19.6 Å². The van der Waals surface area contributed by atoms with E-state index in [9.17, 15) is 4.79 Å². The summed E-state index contributed by atoms with van der Waals surface area (Å²) in [6.07, 6.45) is 0.446. The summed E-state index contributed by atoms with van der Waals surface area (Å²) in [5.74, 6) is 0.925. The smallest absolute Gasteiger partial charge is 0.225 e. The Hall–Kier alpha value is -1.81. The van der Waals surface area contributed by atoms with Gasteiger partial charge in [0.25, 0.3) is 0 Å². The average molecular weight is 289 g/mol. The Balaban J connectivity index is 1.71. The van der Waals surface area contributed by atoms with E-state index in [-0.39, 0.29) is 5.91 Å². The fraction of sp³-hybridized carbons (Fsp3) is 0.312. The van der Waals surface area contributed by atoms with Crippen molar-refractivity contribution >= 4 is 17.2 Å². The van der Waals surface area contributed by atoms with Crippen molar-refractivity contribution in [2.75, 3.05) is 13.2 Å². The van der Waals surface area contributed by atoms with Gasteiger partial charge in [-0.15, -0.1) is 11.3 Å². The van der Waals surface area contributed by atoms with E-state index in [0.717, 1.165) is 16.2 Å². The minimum atomic E-state index is 0.0389. The Labute approximate surface area is 123 Å². The van der Waals surface area contributed by atoms with Crippen LogP contribution < -0.4 is 10.1 Å². The molecular weight excluding hydrogens is 270 g/mol. The molecule has 0 aliphatic rings. The Morgan fingerprint density at radius 3 is 2.85 bits per heavy atom. The van der Waals surface area contributed by atoms with E-state index in [1.807, 2.05) is 36.6 Å². The van der Waals surface area contributed by atoms with E-state index in [1.165, 1.54) is 5.56 Å². The van der Waals surface area contributed by atoms with E-state index in [1.54, 1.807) is 11.3 Å². The summed E-state index contributed by atoms with van der Waals surface area (Å²) in [4.78, 5) is 12.8. The second-order valence-electron chi connectivity index (χ2n) is 4.65. The fourth-order valence-corrected chi connectivity index (χ4v) is 2.57. The van der Waals surface area contributed by atoms with Crippen LogP contribution >= 0.6 is 11.3 Å². The van der Waals surface area contributed by atoms with Gasteiger partial charge in [0, 0.05) is 4.88 Å². The molecular formula is C16H19NO2S. The monoisotopic (exact) mass is 289 g/mol. The van der Waals surface area contributed by atoms with E-state index < -0.39 is 0 Å². The molecule has 0 saturated carbocycles. The fourth-order valence-electron chi connectivity index (χ4n) is 1.87. The molecule has 0 radical (unpaired) electrons. The van der Waals surface area contributed by atoms with E-state index in [4.69, 9.17) is 4.74 Å². The Kier molecular flexibility index (Phi) is 5.18. The molecule has 0 bridgehead atoms. The molecule has 0 atom stereocenters. The average Bonchev–Trinajstić information content (AvgIpc) is 2.92. The first kappa shape index (κ1) is 14.6. The van der Waals surface area contributed by atoms with Gasteiger partial charge in [-0.1, -0.05) is 18.2 Å². The molecule has 2 aromatic rings. The van der Waals surface area contributed by atoms with Crippen molar-refractivity contribution in [3.8, 4) is 5.75 Å². The van der Waals surface area contributed by atoms with Crippen LogP contribution in [0.3, 0.4) is 0 Å². The highest BCUT2D eigenvalue weighted by Gasteiger charge is 2.04. The lowest BCUT2D eigenvalue weighted by molar-refractivity contribution is -0.120. The van der Waals surface area contributed by atoms with Gasteiger partial charge in [0.1, 0.15) is 12.4 Å². The van der Waals surface area contributed by atoms with Crippen molar-refractivity contribution in [2.45, 2.75) is 20.3 Å². The summed E-state index contributed by atoms with van der Waals surface area (Å²) >= 11 is 1.60. The lowest BCUT2D eigenvalue weighted by atomic mass is 10.1. The van der Waals surface area contributed by atoms with Crippen molar-refractivity contribution in [2.24, 2.45) is 0 Å². The molecule has 0 fully saturated rings. The molecule has 20 heavy (non-hydrogen) atoms. The third-order valence-corrected chi connectivity index (χ3v) is 4.03. The summed E-state index contributed by atoms with van der Waals surface area (Å²) in [5, 5.41) is 4.85. The van der Waals surface area contributed by atoms with Crippen LogP contribution in [-0.2, 0) is 11.2 Å². The van der Waals surface area contributed by atoms with Crippen LogP contribution in [0.2, 0.25) is 0 Å². The predicted molar refractivity (Wildman–Crippen MR) is 82.4 cm³/mol. The number of hydrogen-bond donors (Lipinski definition) is 1. The second-order valence-corrected chi connectivity index (χ2v) is 5.68. The third kappa shape index (κ3) is 4.10. The largest absolute Gasteiger partial charge is 0.491 e. The molecule has 4 heteroatoms. The van der Waals surface area contributed by atoms with Crippen molar-refractivity contribution in [3.05, 3.63) is 51.7 Å². The van der Waals surface area contributed by atoms with E-state index in [2.05, 4.69) is 18.3 Å². The minimum absolute atomic E-state index is 0.0389. The van der Waals surface area contributed by atoms with Gasteiger partial charge >= 0.3 is 0 Å². The zero-order chi connectivity index (χ0) is 14.4. The highest BCUT2D eigenvalue weighted by Crippen LogP contribution is 2.20. The molecule has 1 N–H and O–H groups in total. The topological polar surface area (TPSA) is 38.3 Å². The van der Waals surface area contributed by atoms with Gasteiger partial charge in [0.15, 0.2) is 0 Å². The minimum Gasteiger partial charge on any atom is -0.491 e. The van der Waals surface area contributed by atoms with Gasteiger partial charge in [-0.3, -0.25) is 4.79 Å². The number of amides is 1. The quantitative estimate of drug-likeness (QED) is 0.830. The first-order chi connectivity index (χ1) is 9.66. The number of hydrogen-bond acceptors (Lipinski definition) is 3. The maximum Gasteiger partial charge on any atom is 0.225 e. The molecule has 1 aromatic carbocycles. The molecule has 2 rings (SSSR count).